The van der Waals surface area contributed by atoms with Gasteiger partial charge in [-0.1, -0.05) is 0 Å². The lowest BCUT2D eigenvalue weighted by Gasteiger charge is -2.28. The van der Waals surface area contributed by atoms with Crippen LogP contribution in [0.3, 0.4) is 0 Å². The third kappa shape index (κ3) is 16.1. The molecule has 10 nitrogen and oxygen atoms in total. The van der Waals surface area contributed by atoms with E-state index in [1.807, 2.05) is 41.5 Å². The maximum absolute atomic E-state index is 12.0. The summed E-state index contributed by atoms with van der Waals surface area (Å²) in [6, 6.07) is 1.20. The van der Waals surface area contributed by atoms with Gasteiger partial charge in [-0.2, -0.15) is 0 Å². The van der Waals surface area contributed by atoms with E-state index in [1.54, 1.807) is 0 Å². The molecule has 0 heterocycles. The van der Waals surface area contributed by atoms with Crippen molar-refractivity contribution in [3.8, 4) is 0 Å². The van der Waals surface area contributed by atoms with Gasteiger partial charge in [0.05, 0.1) is 13.2 Å². The van der Waals surface area contributed by atoms with E-state index in [0.29, 0.717) is 90.6 Å². The van der Waals surface area contributed by atoms with Gasteiger partial charge in [0.25, 0.3) is 0 Å². The van der Waals surface area contributed by atoms with Crippen LogP contribution in [0, 0.1) is 0 Å². The Balaban J connectivity index is 4.07. The van der Waals surface area contributed by atoms with Crippen molar-refractivity contribution in [3.05, 3.63) is 0 Å². The Hall–Kier alpha value is -0.866. The van der Waals surface area contributed by atoms with E-state index in [0.717, 1.165) is 0 Å². The van der Waals surface area contributed by atoms with Gasteiger partial charge in [-0.25, -0.2) is 0 Å². The molecule has 36 heavy (non-hydrogen) atoms. The van der Waals surface area contributed by atoms with Crippen LogP contribution in [0.4, 0.5) is 0 Å². The molecular weight excluding hydrogens is 504 g/mol. The number of carbonyl (C=O) groups excluding carboxylic acids is 2. The molecule has 0 atom stereocenters. The van der Waals surface area contributed by atoms with Crippen LogP contribution in [-0.4, -0.2) is 82.4 Å². The Morgan fingerprint density at radius 1 is 0.472 bits per heavy atom. The molecule has 0 aromatic heterocycles. The first-order valence-corrected chi connectivity index (χ1v) is 17.4. The number of ether oxygens (including phenoxy) is 2. The summed E-state index contributed by atoms with van der Waals surface area (Å²) in [6.07, 6.45) is 2.90. The molecule has 0 fully saturated rings. The van der Waals surface area contributed by atoms with Gasteiger partial charge < -0.3 is 36.0 Å². The zero-order chi connectivity index (χ0) is 27.1. The Kier molecular flexibility index (Phi) is 21.6. The summed E-state index contributed by atoms with van der Waals surface area (Å²) in [7, 11) is -5.42. The molecule has 0 amide bonds. The average molecular weight is 555 g/mol. The summed E-state index contributed by atoms with van der Waals surface area (Å²) in [4.78, 5) is 24.0. The van der Waals surface area contributed by atoms with Gasteiger partial charge in [-0.05, 0) is 67.2 Å². The predicted molar refractivity (Wildman–Crippen MR) is 140 cm³/mol. The monoisotopic (exact) mass is 554 g/mol. The van der Waals surface area contributed by atoms with Gasteiger partial charge in [0.1, 0.15) is 0 Å². The highest BCUT2D eigenvalue weighted by atomic mass is 28.4. The van der Waals surface area contributed by atoms with Crippen LogP contribution in [0.1, 0.15) is 80.1 Å². The van der Waals surface area contributed by atoms with Crippen molar-refractivity contribution in [3.63, 3.8) is 0 Å². The summed E-state index contributed by atoms with van der Waals surface area (Å²) in [6.45, 7) is 15.2. The van der Waals surface area contributed by atoms with E-state index >= 15 is 0 Å². The second-order valence-corrected chi connectivity index (χ2v) is 13.3. The fourth-order valence-electron chi connectivity index (χ4n) is 3.63. The normalized spacial score (nSPS) is 12.1. The number of unbranched alkanes of at least 4 members (excludes halogenated alkanes) is 1. The van der Waals surface area contributed by atoms with E-state index in [1.165, 1.54) is 0 Å². The largest absolute Gasteiger partial charge is 0.501 e. The van der Waals surface area contributed by atoms with E-state index in [2.05, 4.69) is 0 Å². The van der Waals surface area contributed by atoms with E-state index in [9.17, 15) is 9.59 Å². The minimum atomic E-state index is -2.71. The number of carbonyl (C=O) groups is 2. The highest BCUT2D eigenvalue weighted by Gasteiger charge is 2.40. The van der Waals surface area contributed by atoms with Crippen LogP contribution >= 0.6 is 0 Å². The number of hydrogen-bond acceptors (Lipinski definition) is 10. The molecule has 0 rings (SSSR count). The summed E-state index contributed by atoms with van der Waals surface area (Å²) in [5.74, 6) is -0.548. The molecule has 0 aliphatic rings. The molecule has 0 aromatic rings. The first-order chi connectivity index (χ1) is 17.4. The third-order valence-electron chi connectivity index (χ3n) is 4.98. The van der Waals surface area contributed by atoms with Crippen LogP contribution in [0.5, 0.6) is 0 Å². The molecule has 0 bridgehead atoms. The van der Waals surface area contributed by atoms with Gasteiger partial charge in [-0.3, -0.25) is 9.59 Å². The first kappa shape index (κ1) is 35.1. The molecule has 0 radical (unpaired) electrons. The molecule has 0 aromatic carbocycles. The molecule has 12 heteroatoms. The molecule has 0 spiro atoms. The molecule has 0 saturated carbocycles. The smallest absolute Gasteiger partial charge is 0.466 e. The second kappa shape index (κ2) is 22.1. The molecule has 0 unspecified atom stereocenters. The summed E-state index contributed by atoms with van der Waals surface area (Å²) in [5, 5.41) is 0. The summed E-state index contributed by atoms with van der Waals surface area (Å²) >= 11 is 0. The van der Waals surface area contributed by atoms with Crippen molar-refractivity contribution in [2.24, 2.45) is 0 Å². The quantitative estimate of drug-likeness (QED) is 0.0908. The lowest BCUT2D eigenvalue weighted by atomic mass is 10.2. The molecule has 0 aliphatic heterocycles. The highest BCUT2D eigenvalue weighted by molar-refractivity contribution is 6.61. The van der Waals surface area contributed by atoms with Crippen LogP contribution < -0.4 is 0 Å². The Morgan fingerprint density at radius 2 is 0.750 bits per heavy atom. The SMILES string of the molecule is CCO[Si](CCCOC(=O)CCCCC(=O)OCCC[Si](OCC)(OCC)OCC)(OCC)OCC. The molecule has 214 valence electrons. The van der Waals surface area contributed by atoms with Crippen molar-refractivity contribution in [1.82, 2.24) is 0 Å². The Morgan fingerprint density at radius 3 is 1.00 bits per heavy atom. The van der Waals surface area contributed by atoms with Crippen molar-refractivity contribution < 1.29 is 45.6 Å². The topological polar surface area (TPSA) is 108 Å². The van der Waals surface area contributed by atoms with E-state index in [4.69, 9.17) is 36.0 Å². The van der Waals surface area contributed by atoms with E-state index in [-0.39, 0.29) is 24.8 Å². The minimum absolute atomic E-state index is 0.267. The number of rotatable bonds is 25. The van der Waals surface area contributed by atoms with Gasteiger partial charge >= 0.3 is 29.5 Å². The van der Waals surface area contributed by atoms with Gasteiger partial charge in [0.15, 0.2) is 0 Å². The Labute approximate surface area is 220 Å². The van der Waals surface area contributed by atoms with Gasteiger partial charge in [0.2, 0.25) is 0 Å². The predicted octanol–water partition coefficient (Wildman–Crippen LogP) is 4.51. The van der Waals surface area contributed by atoms with Crippen LogP contribution in [0.2, 0.25) is 12.1 Å². The Bertz CT molecular complexity index is 483. The summed E-state index contributed by atoms with van der Waals surface area (Å²) < 4.78 is 45.4. The average Bonchev–Trinajstić information content (AvgIpc) is 2.83. The van der Waals surface area contributed by atoms with Crippen LogP contribution in [0.15, 0.2) is 0 Å². The fraction of sp³-hybridized carbons (Fsp3) is 0.917. The second-order valence-electron chi connectivity index (χ2n) is 7.82. The maximum Gasteiger partial charge on any atom is 0.501 e. The van der Waals surface area contributed by atoms with Crippen molar-refractivity contribution in [1.29, 1.82) is 0 Å². The number of hydrogen-bond donors (Lipinski definition) is 0. The zero-order valence-electron chi connectivity index (χ0n) is 23.4. The maximum atomic E-state index is 12.0. The lowest BCUT2D eigenvalue weighted by molar-refractivity contribution is -0.146. The van der Waals surface area contributed by atoms with E-state index < -0.39 is 17.6 Å². The van der Waals surface area contributed by atoms with Crippen molar-refractivity contribution in [2.45, 2.75) is 92.2 Å². The molecule has 0 N–H and O–H groups in total. The molecular formula is C24H50O10Si2. The standard InChI is InChI=1S/C24H50O10Si2/c1-7-29-35(30-8-2,31-9-3)21-15-19-27-23(25)17-13-14-18-24(26)28-20-16-22-36(32-10-4,33-11-5)34-12-6/h7-22H2,1-6H3. The third-order valence-corrected chi connectivity index (χ3v) is 11.3. The van der Waals surface area contributed by atoms with Gasteiger partial charge in [0, 0.05) is 64.6 Å². The zero-order valence-corrected chi connectivity index (χ0v) is 25.4. The molecule has 0 saturated heterocycles. The van der Waals surface area contributed by atoms with Gasteiger partial charge in [-0.15, -0.1) is 0 Å². The van der Waals surface area contributed by atoms with Crippen LogP contribution in [0.25, 0.3) is 0 Å². The minimum Gasteiger partial charge on any atom is -0.466 e. The van der Waals surface area contributed by atoms with Crippen molar-refractivity contribution >= 4 is 29.5 Å². The molecule has 0 aliphatic carbocycles. The highest BCUT2D eigenvalue weighted by Crippen LogP contribution is 2.19. The lowest BCUT2D eigenvalue weighted by Crippen LogP contribution is -2.46. The fourth-order valence-corrected chi connectivity index (χ4v) is 8.79. The summed E-state index contributed by atoms with van der Waals surface area (Å²) in [5.41, 5.74) is 0. The van der Waals surface area contributed by atoms with Crippen molar-refractivity contribution in [2.75, 3.05) is 52.9 Å². The first-order valence-electron chi connectivity index (χ1n) is 13.5. The number of esters is 2. The van der Waals surface area contributed by atoms with Crippen LogP contribution in [-0.2, 0) is 45.6 Å².